The van der Waals surface area contributed by atoms with Crippen LogP contribution in [0.2, 0.25) is 0 Å². The molecule has 0 fully saturated rings. The number of phenols is 10. The number of aromatic hydroxyl groups is 10. The summed E-state index contributed by atoms with van der Waals surface area (Å²) in [6.45, 7) is 0. The summed E-state index contributed by atoms with van der Waals surface area (Å²) in [4.78, 5) is 14.8. The number of aromatic nitrogens is 3. The highest BCUT2D eigenvalue weighted by Crippen LogP contribution is 2.58. The lowest BCUT2D eigenvalue weighted by Gasteiger charge is -2.17. The maximum atomic E-state index is 10.9. The van der Waals surface area contributed by atoms with Gasteiger partial charge < -0.3 is 55.5 Å². The predicted octanol–water partition coefficient (Wildman–Crippen LogP) is 10.6. The highest BCUT2D eigenvalue weighted by Gasteiger charge is 2.28. The summed E-state index contributed by atoms with van der Waals surface area (Å²) in [6.07, 6.45) is 8.09. The molecule has 10 N–H and O–H groups in total. The summed E-state index contributed by atoms with van der Waals surface area (Å²) in [7, 11) is 0. The Morgan fingerprint density at radius 2 is 0.908 bits per heavy atom. The average Bonchev–Trinajstić information content (AvgIpc) is 3.73. The quantitative estimate of drug-likeness (QED) is 0.0528. The van der Waals surface area contributed by atoms with E-state index in [0.717, 1.165) is 51.4 Å². The maximum absolute atomic E-state index is 10.9. The number of furan rings is 1. The normalized spacial score (nSPS) is 12.5. The van der Waals surface area contributed by atoms with Gasteiger partial charge in [-0.15, -0.1) is 0 Å². The molecule has 7 aromatic carbocycles. The van der Waals surface area contributed by atoms with Crippen molar-refractivity contribution in [2.45, 2.75) is 12.8 Å². The first kappa shape index (κ1) is 39.9. The molecule has 320 valence electrons. The standard InChI is InChI=1S/C51H35N3O11/c55-39-36(40(56)44(60)47(63)43(39)59)30-20-29(21-31(22-30)37-41(57)45(61)48(64)46(62)42(37)58)25-16-14-24(15-17-25)28-18-19-34-33(23-28)38-32(12-7-13-35(38)65-34)51-53-49(26-8-3-1-4-9-26)52-50(54-51)27-10-5-2-6-11-27/h1,3-5,7-23,55-64H,2,6H2. The van der Waals surface area contributed by atoms with Gasteiger partial charge in [0.1, 0.15) is 11.2 Å². The van der Waals surface area contributed by atoms with E-state index in [1.54, 1.807) is 12.1 Å². The van der Waals surface area contributed by atoms with Crippen LogP contribution in [-0.2, 0) is 0 Å². The van der Waals surface area contributed by atoms with Gasteiger partial charge in [0.05, 0.1) is 11.1 Å². The van der Waals surface area contributed by atoms with Crippen LogP contribution in [0.25, 0.3) is 94.8 Å². The molecule has 0 saturated carbocycles. The van der Waals surface area contributed by atoms with E-state index in [1.807, 2.05) is 84.9 Å². The molecule has 0 radical (unpaired) electrons. The van der Waals surface area contributed by atoms with Gasteiger partial charge in [-0.25, -0.2) is 15.0 Å². The first-order chi connectivity index (χ1) is 31.4. The van der Waals surface area contributed by atoms with Gasteiger partial charge in [-0.3, -0.25) is 0 Å². The van der Waals surface area contributed by atoms with Crippen LogP contribution >= 0.6 is 0 Å². The molecule has 14 nitrogen and oxygen atoms in total. The Kier molecular flexibility index (Phi) is 9.41. The molecule has 10 rings (SSSR count). The summed E-state index contributed by atoms with van der Waals surface area (Å²) < 4.78 is 6.36. The Morgan fingerprint density at radius 3 is 1.49 bits per heavy atom. The van der Waals surface area contributed by atoms with Crippen LogP contribution in [0.5, 0.6) is 57.5 Å². The lowest BCUT2D eigenvalue weighted by Crippen LogP contribution is -2.03. The summed E-state index contributed by atoms with van der Waals surface area (Å²) in [6, 6.07) is 32.5. The van der Waals surface area contributed by atoms with Crippen molar-refractivity contribution in [3.8, 4) is 125 Å². The zero-order valence-corrected chi connectivity index (χ0v) is 33.8. The van der Waals surface area contributed by atoms with Gasteiger partial charge in [0.15, 0.2) is 40.5 Å². The molecular weight excluding hydrogens is 831 g/mol. The summed E-state index contributed by atoms with van der Waals surface area (Å²) in [5.41, 5.74) is 4.91. The van der Waals surface area contributed by atoms with Crippen molar-refractivity contribution in [1.82, 2.24) is 15.0 Å². The molecular formula is C51H35N3O11. The van der Waals surface area contributed by atoms with E-state index < -0.39 is 68.6 Å². The molecule has 0 aliphatic heterocycles. The van der Waals surface area contributed by atoms with Crippen molar-refractivity contribution < 1.29 is 55.5 Å². The third-order valence-electron chi connectivity index (χ3n) is 11.5. The molecule has 0 atom stereocenters. The summed E-state index contributed by atoms with van der Waals surface area (Å²) >= 11 is 0. The molecule has 1 aliphatic carbocycles. The van der Waals surface area contributed by atoms with Crippen molar-refractivity contribution in [2.75, 3.05) is 0 Å². The van der Waals surface area contributed by atoms with Crippen molar-refractivity contribution in [3.05, 3.63) is 133 Å². The fourth-order valence-electron chi connectivity index (χ4n) is 8.17. The van der Waals surface area contributed by atoms with E-state index >= 15 is 0 Å². The second-order valence-corrected chi connectivity index (χ2v) is 15.4. The van der Waals surface area contributed by atoms with E-state index in [0.29, 0.717) is 39.8 Å². The minimum atomic E-state index is -1.18. The Morgan fingerprint density at radius 1 is 0.385 bits per heavy atom. The van der Waals surface area contributed by atoms with Crippen LogP contribution in [0.3, 0.4) is 0 Å². The maximum Gasteiger partial charge on any atom is 0.208 e. The van der Waals surface area contributed by atoms with Crippen LogP contribution in [0.15, 0.2) is 132 Å². The van der Waals surface area contributed by atoms with Gasteiger partial charge in [0.25, 0.3) is 0 Å². The lowest BCUT2D eigenvalue weighted by molar-refractivity contribution is 0.330. The van der Waals surface area contributed by atoms with Crippen LogP contribution in [0.4, 0.5) is 0 Å². The van der Waals surface area contributed by atoms with Gasteiger partial charge in [0, 0.05) is 27.5 Å². The number of phenolic OH excluding ortho intramolecular Hbond substituents is 10. The molecule has 14 heteroatoms. The first-order valence-corrected chi connectivity index (χ1v) is 20.2. The number of benzene rings is 7. The molecule has 65 heavy (non-hydrogen) atoms. The fraction of sp³-hybridized carbons (Fsp3) is 0.0392. The van der Waals surface area contributed by atoms with E-state index in [-0.39, 0.29) is 11.1 Å². The monoisotopic (exact) mass is 865 g/mol. The second-order valence-electron chi connectivity index (χ2n) is 15.4. The van der Waals surface area contributed by atoms with Crippen LogP contribution < -0.4 is 0 Å². The van der Waals surface area contributed by atoms with Crippen LogP contribution in [0.1, 0.15) is 18.7 Å². The van der Waals surface area contributed by atoms with Crippen LogP contribution in [-0.4, -0.2) is 66.0 Å². The Balaban J connectivity index is 1.09. The fourth-order valence-corrected chi connectivity index (χ4v) is 8.17. The topological polar surface area (TPSA) is 254 Å². The zero-order chi connectivity index (χ0) is 45.3. The number of hydrogen-bond donors (Lipinski definition) is 10. The van der Waals surface area contributed by atoms with E-state index in [9.17, 15) is 51.1 Å². The largest absolute Gasteiger partial charge is 0.504 e. The van der Waals surface area contributed by atoms with Crippen molar-refractivity contribution in [1.29, 1.82) is 0 Å². The highest BCUT2D eigenvalue weighted by molar-refractivity contribution is 6.13. The Bertz CT molecular complexity index is 3340. The van der Waals surface area contributed by atoms with Gasteiger partial charge in [-0.1, -0.05) is 91.0 Å². The lowest BCUT2D eigenvalue weighted by atomic mass is 9.90. The van der Waals surface area contributed by atoms with E-state index in [1.165, 1.54) is 18.2 Å². The molecule has 9 aromatic rings. The van der Waals surface area contributed by atoms with E-state index in [2.05, 4.69) is 12.2 Å². The van der Waals surface area contributed by atoms with E-state index in [4.69, 9.17) is 19.4 Å². The SMILES string of the molecule is Oc1c(O)c(O)c(-c2cc(-c3ccc(-c4ccc5oc6cccc(-c7nc(C8=CCCC=C8)nc(-c8ccccc8)n7)c6c5c4)cc3)cc(-c3c(O)c(O)c(O)c(O)c3O)c2)c(O)c1O. The molecule has 0 saturated heterocycles. The molecule has 1 aliphatic rings. The van der Waals surface area contributed by atoms with Crippen molar-refractivity contribution >= 4 is 27.5 Å². The van der Waals surface area contributed by atoms with Gasteiger partial charge in [0.2, 0.25) is 34.5 Å². The number of hydrogen-bond acceptors (Lipinski definition) is 14. The van der Waals surface area contributed by atoms with Gasteiger partial charge in [-0.05, 0) is 82.6 Å². The van der Waals surface area contributed by atoms with Crippen molar-refractivity contribution in [2.24, 2.45) is 0 Å². The number of nitrogens with zero attached hydrogens (tertiary/aromatic N) is 3. The minimum absolute atomic E-state index is 0.116. The molecule has 2 aromatic heterocycles. The van der Waals surface area contributed by atoms with Gasteiger partial charge >= 0.3 is 0 Å². The van der Waals surface area contributed by atoms with Crippen molar-refractivity contribution in [3.63, 3.8) is 0 Å². The number of rotatable bonds is 7. The third-order valence-corrected chi connectivity index (χ3v) is 11.5. The highest BCUT2D eigenvalue weighted by atomic mass is 16.4. The number of fused-ring (bicyclic) bond motifs is 3. The zero-order valence-electron chi connectivity index (χ0n) is 33.8. The minimum Gasteiger partial charge on any atom is -0.504 e. The summed E-state index contributed by atoms with van der Waals surface area (Å²) in [5, 5.41) is 107. The molecule has 0 bridgehead atoms. The van der Waals surface area contributed by atoms with Crippen LogP contribution in [0, 0.1) is 0 Å². The summed E-state index contributed by atoms with van der Waals surface area (Å²) in [5.74, 6) is -9.41. The predicted molar refractivity (Wildman–Crippen MR) is 243 cm³/mol. The molecule has 2 heterocycles. The number of allylic oxidation sites excluding steroid dienone is 4. The third kappa shape index (κ3) is 6.64. The molecule has 0 amide bonds. The molecule has 0 unspecified atom stereocenters. The second kappa shape index (κ2) is 15.3. The smallest absolute Gasteiger partial charge is 0.208 e. The Hall–Kier alpha value is -9.17. The average molecular weight is 866 g/mol. The molecule has 0 spiro atoms. The Labute approximate surface area is 367 Å². The van der Waals surface area contributed by atoms with Gasteiger partial charge in [-0.2, -0.15) is 0 Å². The first-order valence-electron chi connectivity index (χ1n) is 20.2.